The summed E-state index contributed by atoms with van der Waals surface area (Å²) < 4.78 is 0. The van der Waals surface area contributed by atoms with Crippen molar-refractivity contribution in [3.63, 3.8) is 0 Å². The summed E-state index contributed by atoms with van der Waals surface area (Å²) in [5.41, 5.74) is 7.29. The fourth-order valence-electron chi connectivity index (χ4n) is 2.91. The number of aryl methyl sites for hydroxylation is 1. The van der Waals surface area contributed by atoms with Gasteiger partial charge in [-0.05, 0) is 61.7 Å². The molecule has 0 spiro atoms. The van der Waals surface area contributed by atoms with Crippen LogP contribution in [0, 0.1) is 0 Å². The molecule has 9 heteroatoms. The van der Waals surface area contributed by atoms with Crippen LogP contribution < -0.4 is 16.4 Å². The van der Waals surface area contributed by atoms with Gasteiger partial charge in [-0.15, -0.1) is 11.3 Å². The average Bonchev–Trinajstić information content (AvgIpc) is 2.91. The van der Waals surface area contributed by atoms with Gasteiger partial charge in [-0.1, -0.05) is 23.2 Å². The van der Waals surface area contributed by atoms with Crippen LogP contribution in [-0.4, -0.2) is 16.9 Å². The van der Waals surface area contributed by atoms with E-state index in [9.17, 15) is 9.59 Å². The van der Waals surface area contributed by atoms with E-state index in [0.717, 1.165) is 36.1 Å². The molecule has 0 bridgehead atoms. The van der Waals surface area contributed by atoms with Crippen molar-refractivity contribution in [1.29, 1.82) is 0 Å². The van der Waals surface area contributed by atoms with Gasteiger partial charge in [0.05, 0.1) is 5.56 Å². The summed E-state index contributed by atoms with van der Waals surface area (Å²) in [5, 5.41) is 6.84. The number of nitrogens with one attached hydrogen (secondary N) is 2. The lowest BCUT2D eigenvalue weighted by molar-refractivity contribution is 0.0975. The zero-order valence-corrected chi connectivity index (χ0v) is 16.7. The van der Waals surface area contributed by atoms with E-state index >= 15 is 0 Å². The number of hydrogen-bond donors (Lipinski definition) is 3. The summed E-state index contributed by atoms with van der Waals surface area (Å²) in [6, 6.07) is 4.51. The molecule has 2 aromatic rings. The van der Waals surface area contributed by atoms with E-state index in [-0.39, 0.29) is 10.7 Å². The van der Waals surface area contributed by atoms with E-state index in [1.807, 2.05) is 0 Å². The van der Waals surface area contributed by atoms with Crippen LogP contribution in [-0.2, 0) is 12.8 Å². The van der Waals surface area contributed by atoms with Crippen LogP contribution in [0.5, 0.6) is 0 Å². The monoisotopic (exact) mass is 427 g/mol. The molecule has 5 nitrogen and oxygen atoms in total. The molecule has 1 aliphatic rings. The van der Waals surface area contributed by atoms with Crippen LogP contribution in [0.15, 0.2) is 18.2 Å². The van der Waals surface area contributed by atoms with Gasteiger partial charge >= 0.3 is 0 Å². The molecule has 0 saturated heterocycles. The number of nitrogens with two attached hydrogens (primary N) is 1. The molecule has 4 N–H and O–H groups in total. The first kappa shape index (κ1) is 19.1. The Kier molecular flexibility index (Phi) is 5.82. The Labute approximate surface area is 169 Å². The van der Waals surface area contributed by atoms with E-state index in [2.05, 4.69) is 10.6 Å². The zero-order chi connectivity index (χ0) is 18.8. The van der Waals surface area contributed by atoms with Gasteiger partial charge in [0.25, 0.3) is 11.8 Å². The quantitative estimate of drug-likeness (QED) is 0.641. The molecule has 1 aliphatic carbocycles. The summed E-state index contributed by atoms with van der Waals surface area (Å²) >= 11 is 18.5. The number of hydrogen-bond acceptors (Lipinski definition) is 4. The molecule has 1 heterocycles. The number of thiophene rings is 1. The second-order valence-corrected chi connectivity index (χ2v) is 8.23. The van der Waals surface area contributed by atoms with Crippen molar-refractivity contribution in [2.45, 2.75) is 25.7 Å². The van der Waals surface area contributed by atoms with Crippen molar-refractivity contribution in [2.75, 3.05) is 5.32 Å². The molecular formula is C17H15Cl2N3O2S2. The summed E-state index contributed by atoms with van der Waals surface area (Å²) in [6.07, 6.45) is 3.86. The Morgan fingerprint density at radius 3 is 2.42 bits per heavy atom. The molecule has 0 saturated carbocycles. The molecule has 0 unspecified atom stereocenters. The van der Waals surface area contributed by atoms with E-state index in [4.69, 9.17) is 41.2 Å². The Hall–Kier alpha value is -1.67. The maximum Gasteiger partial charge on any atom is 0.257 e. The Morgan fingerprint density at radius 1 is 1.12 bits per heavy atom. The fourth-order valence-corrected chi connectivity index (χ4v) is 4.99. The van der Waals surface area contributed by atoms with E-state index in [1.165, 1.54) is 29.5 Å². The first-order valence-corrected chi connectivity index (χ1v) is 9.86. The van der Waals surface area contributed by atoms with Crippen molar-refractivity contribution in [3.8, 4) is 0 Å². The van der Waals surface area contributed by atoms with Gasteiger partial charge in [0.1, 0.15) is 5.00 Å². The first-order valence-electron chi connectivity index (χ1n) is 7.88. The van der Waals surface area contributed by atoms with E-state index < -0.39 is 11.8 Å². The highest BCUT2D eigenvalue weighted by atomic mass is 35.5. The number of carbonyl (C=O) groups excluding carboxylic acids is 2. The van der Waals surface area contributed by atoms with E-state index in [0.29, 0.717) is 20.6 Å². The number of rotatable bonds is 3. The van der Waals surface area contributed by atoms with Crippen LogP contribution in [0.3, 0.4) is 0 Å². The standard InChI is InChI=1S/C17H15Cl2N3O2S2/c18-9-5-8(6-10(19)7-9)15(24)21-17(25)22-16-13(14(20)23)11-3-1-2-4-12(11)26-16/h5-7H,1-4H2,(H2,20,23)(H2,21,22,24,25). The molecule has 0 fully saturated rings. The second-order valence-electron chi connectivity index (χ2n) is 5.85. The third-order valence-electron chi connectivity index (χ3n) is 4.00. The predicted octanol–water partition coefficient (Wildman–Crippen LogP) is 4.16. The molecule has 0 radical (unpaired) electrons. The number of carbonyl (C=O) groups is 2. The number of thiocarbonyl (C=S) groups is 1. The largest absolute Gasteiger partial charge is 0.365 e. The summed E-state index contributed by atoms with van der Waals surface area (Å²) in [6.45, 7) is 0. The lowest BCUT2D eigenvalue weighted by Crippen LogP contribution is -2.34. The van der Waals surface area contributed by atoms with Crippen LogP contribution in [0.2, 0.25) is 10.0 Å². The molecule has 0 atom stereocenters. The topological polar surface area (TPSA) is 84.2 Å². The molecule has 2 amide bonds. The lowest BCUT2D eigenvalue weighted by atomic mass is 9.95. The summed E-state index contributed by atoms with van der Waals surface area (Å²) in [5.74, 6) is -0.948. The zero-order valence-electron chi connectivity index (χ0n) is 13.5. The van der Waals surface area contributed by atoms with Crippen molar-refractivity contribution >= 4 is 68.7 Å². The molecule has 26 heavy (non-hydrogen) atoms. The van der Waals surface area contributed by atoms with Crippen molar-refractivity contribution < 1.29 is 9.59 Å². The minimum Gasteiger partial charge on any atom is -0.365 e. The summed E-state index contributed by atoms with van der Waals surface area (Å²) in [7, 11) is 0. The molecule has 0 aliphatic heterocycles. The molecule has 1 aromatic heterocycles. The van der Waals surface area contributed by atoms with Gasteiger partial charge in [-0.3, -0.25) is 14.9 Å². The SMILES string of the molecule is NC(=O)c1c(NC(=S)NC(=O)c2cc(Cl)cc(Cl)c2)sc2c1CCCC2. The Morgan fingerprint density at radius 2 is 1.77 bits per heavy atom. The minimum atomic E-state index is -0.498. The molecular weight excluding hydrogens is 413 g/mol. The molecule has 3 rings (SSSR count). The average molecular weight is 428 g/mol. The maximum absolute atomic E-state index is 12.3. The normalized spacial score (nSPS) is 13.0. The highest BCUT2D eigenvalue weighted by Gasteiger charge is 2.24. The van der Waals surface area contributed by atoms with E-state index in [1.54, 1.807) is 0 Å². The number of primary amides is 1. The highest BCUT2D eigenvalue weighted by Crippen LogP contribution is 2.37. The number of halogens is 2. The summed E-state index contributed by atoms with van der Waals surface area (Å²) in [4.78, 5) is 25.3. The van der Waals surface area contributed by atoms with Gasteiger partial charge in [-0.2, -0.15) is 0 Å². The number of amides is 2. The fraction of sp³-hybridized carbons (Fsp3) is 0.235. The third-order valence-corrected chi connectivity index (χ3v) is 5.84. The maximum atomic E-state index is 12.3. The van der Waals surface area contributed by atoms with Gasteiger partial charge in [0, 0.05) is 20.5 Å². The van der Waals surface area contributed by atoms with Crippen LogP contribution in [0.25, 0.3) is 0 Å². The number of benzene rings is 1. The first-order chi connectivity index (χ1) is 12.3. The van der Waals surface area contributed by atoms with Crippen LogP contribution in [0.1, 0.15) is 44.0 Å². The lowest BCUT2D eigenvalue weighted by Gasteiger charge is -2.11. The smallest absolute Gasteiger partial charge is 0.257 e. The van der Waals surface area contributed by atoms with Crippen LogP contribution in [0.4, 0.5) is 5.00 Å². The Bertz CT molecular complexity index is 891. The van der Waals surface area contributed by atoms with Gasteiger partial charge < -0.3 is 11.1 Å². The van der Waals surface area contributed by atoms with Crippen molar-refractivity contribution in [2.24, 2.45) is 5.73 Å². The number of anilines is 1. The van der Waals surface area contributed by atoms with Gasteiger partial charge in [-0.25, -0.2) is 0 Å². The molecule has 136 valence electrons. The van der Waals surface area contributed by atoms with Crippen LogP contribution >= 0.6 is 46.8 Å². The van der Waals surface area contributed by atoms with Gasteiger partial charge in [0.15, 0.2) is 5.11 Å². The minimum absolute atomic E-state index is 0.0761. The Balaban J connectivity index is 1.77. The third kappa shape index (κ3) is 4.17. The van der Waals surface area contributed by atoms with Crippen molar-refractivity contribution in [3.05, 3.63) is 49.8 Å². The molecule has 1 aromatic carbocycles. The van der Waals surface area contributed by atoms with Gasteiger partial charge in [0.2, 0.25) is 0 Å². The number of fused-ring (bicyclic) bond motifs is 1. The van der Waals surface area contributed by atoms with Crippen molar-refractivity contribution in [1.82, 2.24) is 5.32 Å². The highest BCUT2D eigenvalue weighted by molar-refractivity contribution is 7.80. The predicted molar refractivity (Wildman–Crippen MR) is 110 cm³/mol. The second kappa shape index (κ2) is 7.92.